The monoisotopic (exact) mass is 1210 g/mol. The first-order chi connectivity index (χ1) is 38.7. The van der Waals surface area contributed by atoms with Crippen LogP contribution < -0.4 is 26.2 Å². The molecule has 1 aliphatic carbocycles. The molecule has 0 spiro atoms. The SMILES string of the molecule is CC(C)[C@H](CC(=O)OC(C)(C)C)C(=O)N[C@@H](C)C(=O)Nc1ccc(COC(=O)N(C)Cc2ccccc2C(=O)Nc2nc3c(ncn3[C@@H]3O[C@@H]4COP(O)(=S)O[C@H]5C[C@H](Oc6ccncn6)C[C@@H]5COP(O)(=S)O[C@@H]3[C@@H]4O)c(=O)[nH]2)cc1. The number of hydrogen-bond acceptors (Lipinski definition) is 21. The van der Waals surface area contributed by atoms with Crippen molar-refractivity contribution in [3.8, 4) is 5.88 Å². The van der Waals surface area contributed by atoms with Crippen molar-refractivity contribution in [1.29, 1.82) is 0 Å². The number of rotatable bonds is 16. The summed E-state index contributed by atoms with van der Waals surface area (Å²) in [4.78, 5) is 122. The number of ether oxygens (including phenoxy) is 4. The summed E-state index contributed by atoms with van der Waals surface area (Å²) in [5.74, 6) is -3.64. The lowest BCUT2D eigenvalue weighted by atomic mass is 9.91. The smallest absolute Gasteiger partial charge is 0.410 e. The van der Waals surface area contributed by atoms with Crippen LogP contribution >= 0.6 is 13.4 Å². The molecule has 27 nitrogen and oxygen atoms in total. The zero-order chi connectivity index (χ0) is 59.3. The minimum atomic E-state index is -4.22. The number of hydrogen-bond donors (Lipinski definition) is 7. The Labute approximate surface area is 480 Å². The van der Waals surface area contributed by atoms with Gasteiger partial charge >= 0.3 is 25.5 Å². The van der Waals surface area contributed by atoms with Gasteiger partial charge in [0, 0.05) is 49.4 Å². The number of aromatic amines is 1. The average molecular weight is 1220 g/mol. The summed E-state index contributed by atoms with van der Waals surface area (Å²) < 4.78 is 47.8. The number of benzene rings is 2. The van der Waals surface area contributed by atoms with E-state index in [4.69, 9.17) is 60.7 Å². The van der Waals surface area contributed by atoms with E-state index in [0.717, 1.165) is 0 Å². The maximum atomic E-state index is 14.0. The van der Waals surface area contributed by atoms with Crippen molar-refractivity contribution in [3.05, 3.63) is 100 Å². The summed E-state index contributed by atoms with van der Waals surface area (Å²) in [5, 5.41) is 19.6. The number of carbonyl (C=O) groups excluding carboxylic acids is 5. The molecule has 8 rings (SSSR count). The van der Waals surface area contributed by atoms with Crippen molar-refractivity contribution < 1.29 is 75.9 Å². The zero-order valence-corrected chi connectivity index (χ0v) is 49.0. The Morgan fingerprint density at radius 1 is 0.927 bits per heavy atom. The van der Waals surface area contributed by atoms with Crippen molar-refractivity contribution in [2.75, 3.05) is 30.9 Å². The van der Waals surface area contributed by atoms with E-state index in [1.165, 1.54) is 48.4 Å². The fourth-order valence-corrected chi connectivity index (χ4v) is 12.2. The Bertz CT molecular complexity index is 3300. The lowest BCUT2D eigenvalue weighted by molar-refractivity contribution is -0.158. The number of imidazole rings is 1. The van der Waals surface area contributed by atoms with Crippen LogP contribution in [0.15, 0.2) is 78.2 Å². The van der Waals surface area contributed by atoms with E-state index < -0.39 is 116 Å². The molecule has 7 N–H and O–H groups in total. The Morgan fingerprint density at radius 2 is 1.65 bits per heavy atom. The second kappa shape index (κ2) is 26.2. The molecule has 2 aliphatic heterocycles. The molecule has 2 aromatic carbocycles. The number of aliphatic hydroxyl groups excluding tert-OH is 1. The predicted octanol–water partition coefficient (Wildman–Crippen LogP) is 4.74. The first-order valence-corrected chi connectivity index (χ1v) is 31.1. The minimum absolute atomic E-state index is 0.0940. The van der Waals surface area contributed by atoms with Crippen LogP contribution in [0.5, 0.6) is 5.88 Å². The molecule has 2 unspecified atom stereocenters. The molecule has 3 aliphatic rings. The molecule has 5 heterocycles. The van der Waals surface area contributed by atoms with Gasteiger partial charge in [0.05, 0.1) is 38.0 Å². The van der Waals surface area contributed by atoms with Crippen molar-refractivity contribution in [2.45, 2.75) is 122 Å². The number of fused-ring (bicyclic) bond motifs is 4. The van der Waals surface area contributed by atoms with E-state index in [1.54, 1.807) is 69.3 Å². The van der Waals surface area contributed by atoms with Gasteiger partial charge in [-0.3, -0.25) is 43.4 Å². The standard InChI is InChI=1S/C51H64N10O17P2S2/c1-27(2)35(20-39(62)76-51(4,5)6)46(66)55-28(3)44(64)56-32-14-12-29(13-15-32)22-71-50(68)60(7)21-30-10-8-9-11-34(30)45(65)58-49-57-43-40(47(67)59-49)54-26-61(43)48-42-41(63)37(75-48)24-73-79(69,81)77-36-19-33(74-38-16-17-52-25-53-38)18-31(36)23-72-80(70,82)78-42/h8-17,25-28,31,33,35-37,41-42,48,63H,18-24H2,1-7H3,(H,55,66)(H,56,64)(H,69,81)(H,70,82)(H2,57,58,59,65,67)/t28-,31+,33+,35-,36-,37+,41+,42+,48+,79?,80?/m0/s1. The Balaban J connectivity index is 0.877. The van der Waals surface area contributed by atoms with Crippen LogP contribution in [0, 0.1) is 17.8 Å². The summed E-state index contributed by atoms with van der Waals surface area (Å²) >= 11 is 10.8. The van der Waals surface area contributed by atoms with Crippen LogP contribution in [-0.4, -0.2) is 141 Å². The number of aliphatic hydroxyl groups is 1. The van der Waals surface area contributed by atoms with E-state index in [1.807, 2.05) is 13.8 Å². The van der Waals surface area contributed by atoms with Crippen LogP contribution in [0.3, 0.4) is 0 Å². The van der Waals surface area contributed by atoms with Gasteiger partial charge in [-0.1, -0.05) is 44.2 Å². The molecule has 4 amide bonds. The van der Waals surface area contributed by atoms with Gasteiger partial charge in [-0.15, -0.1) is 0 Å². The van der Waals surface area contributed by atoms with E-state index in [2.05, 4.69) is 40.9 Å². The first-order valence-electron chi connectivity index (χ1n) is 25.9. The zero-order valence-electron chi connectivity index (χ0n) is 45.6. The number of carbonyl (C=O) groups is 5. The molecule has 0 radical (unpaired) electrons. The molecule has 2 saturated heterocycles. The van der Waals surface area contributed by atoms with Gasteiger partial charge in [-0.05, 0) is 93.0 Å². The molecule has 5 aromatic rings. The number of amides is 4. The predicted molar refractivity (Wildman–Crippen MR) is 299 cm³/mol. The first kappa shape index (κ1) is 61.9. The summed E-state index contributed by atoms with van der Waals surface area (Å²) in [6.07, 6.45) is -3.34. The molecule has 3 aromatic heterocycles. The average Bonchev–Trinajstić information content (AvgIpc) is 4.17. The van der Waals surface area contributed by atoms with Crippen molar-refractivity contribution >= 4 is 89.6 Å². The van der Waals surface area contributed by atoms with Crippen LogP contribution in [0.1, 0.15) is 88.5 Å². The number of aromatic nitrogens is 6. The van der Waals surface area contributed by atoms with Gasteiger partial charge < -0.3 is 62.9 Å². The summed E-state index contributed by atoms with van der Waals surface area (Å²) in [6, 6.07) is 13.5. The van der Waals surface area contributed by atoms with Gasteiger partial charge in [-0.25, -0.2) is 19.7 Å². The summed E-state index contributed by atoms with van der Waals surface area (Å²) in [6.45, 7) is 1.12. The third-order valence-corrected chi connectivity index (χ3v) is 16.5. The van der Waals surface area contributed by atoms with Gasteiger partial charge in [0.1, 0.15) is 49.0 Å². The molecular formula is C51H64N10O17P2S2. The Kier molecular flexibility index (Phi) is 19.7. The van der Waals surface area contributed by atoms with Gasteiger partial charge in [-0.2, -0.15) is 4.98 Å². The Morgan fingerprint density at radius 3 is 2.35 bits per heavy atom. The highest BCUT2D eigenvalue weighted by Crippen LogP contribution is 2.54. The van der Waals surface area contributed by atoms with Crippen LogP contribution in [0.25, 0.3) is 11.2 Å². The number of anilines is 2. The maximum absolute atomic E-state index is 14.0. The van der Waals surface area contributed by atoms with E-state index in [0.29, 0.717) is 29.1 Å². The van der Waals surface area contributed by atoms with E-state index >= 15 is 0 Å². The summed E-state index contributed by atoms with van der Waals surface area (Å²) in [5.41, 5.74) is -0.351. The van der Waals surface area contributed by atoms with Crippen LogP contribution in [0.4, 0.5) is 16.4 Å². The molecule has 11 atom stereocenters. The highest BCUT2D eigenvalue weighted by atomic mass is 32.5. The minimum Gasteiger partial charge on any atom is -0.474 e. The number of H-pyrrole nitrogens is 1. The molecule has 31 heteroatoms. The van der Waals surface area contributed by atoms with Crippen molar-refractivity contribution in [2.24, 2.45) is 17.8 Å². The van der Waals surface area contributed by atoms with E-state index in [9.17, 15) is 43.7 Å². The maximum Gasteiger partial charge on any atom is 0.410 e. The van der Waals surface area contributed by atoms with Gasteiger partial charge in [0.2, 0.25) is 23.6 Å². The molecule has 2 bridgehead atoms. The molecule has 442 valence electrons. The third-order valence-electron chi connectivity index (χ3n) is 13.3. The summed E-state index contributed by atoms with van der Waals surface area (Å²) in [7, 11) is 1.47. The number of esters is 1. The van der Waals surface area contributed by atoms with Crippen molar-refractivity contribution in [1.82, 2.24) is 39.7 Å². The third kappa shape index (κ3) is 16.1. The fraction of sp³-hybridized carbons (Fsp3) is 0.490. The molecule has 82 heavy (non-hydrogen) atoms. The number of nitrogens with zero attached hydrogens (tertiary/aromatic N) is 6. The fourth-order valence-electron chi connectivity index (χ4n) is 9.21. The lowest BCUT2D eigenvalue weighted by Crippen LogP contribution is -2.45. The van der Waals surface area contributed by atoms with E-state index in [-0.39, 0.29) is 61.2 Å². The highest BCUT2D eigenvalue weighted by molar-refractivity contribution is 8.07. The second-order valence-corrected chi connectivity index (χ2v) is 26.7. The molecular weight excluding hydrogens is 1150 g/mol. The quantitative estimate of drug-likeness (QED) is 0.0518. The van der Waals surface area contributed by atoms with Gasteiger partial charge in [0.25, 0.3) is 11.5 Å². The second-order valence-electron chi connectivity index (χ2n) is 21.1. The normalized spacial score (nSPS) is 25.5. The highest BCUT2D eigenvalue weighted by Gasteiger charge is 2.50. The lowest BCUT2D eigenvalue weighted by Gasteiger charge is -2.28. The van der Waals surface area contributed by atoms with Gasteiger partial charge in [0.15, 0.2) is 17.4 Å². The molecule has 1 saturated carbocycles. The van der Waals surface area contributed by atoms with Crippen LogP contribution in [0.2, 0.25) is 0 Å². The Hall–Kier alpha value is -6.20. The van der Waals surface area contributed by atoms with Crippen LogP contribution in [-0.2, 0) is 83.5 Å². The molecule has 3 fully saturated rings. The topological polar surface area (TPSA) is 349 Å². The number of nitrogens with one attached hydrogen (secondary N) is 4. The van der Waals surface area contributed by atoms with Crippen molar-refractivity contribution in [3.63, 3.8) is 0 Å². The largest absolute Gasteiger partial charge is 0.474 e.